The van der Waals surface area contributed by atoms with Crippen LogP contribution >= 0.6 is 0 Å². The average molecular weight is 408 g/mol. The summed E-state index contributed by atoms with van der Waals surface area (Å²) in [4.78, 5) is 5.43. The number of likely N-dealkylation sites (tertiary alicyclic amines) is 2. The molecule has 0 aliphatic carbocycles. The highest BCUT2D eigenvalue weighted by atomic mass is 16.5. The van der Waals surface area contributed by atoms with Crippen LogP contribution in [-0.4, -0.2) is 55.1 Å². The molecule has 0 unspecified atom stereocenters. The first-order valence-corrected chi connectivity index (χ1v) is 11.9. The summed E-state index contributed by atoms with van der Waals surface area (Å²) in [6.45, 7) is 8.47. The van der Waals surface area contributed by atoms with E-state index in [1.54, 1.807) is 0 Å². The predicted molar refractivity (Wildman–Crippen MR) is 124 cm³/mol. The van der Waals surface area contributed by atoms with Crippen molar-refractivity contribution in [1.29, 1.82) is 0 Å². The van der Waals surface area contributed by atoms with E-state index < -0.39 is 0 Å². The van der Waals surface area contributed by atoms with E-state index in [0.29, 0.717) is 0 Å². The Bertz CT molecular complexity index is 720. The summed E-state index contributed by atoms with van der Waals surface area (Å²) in [5.41, 5.74) is 1.30. The van der Waals surface area contributed by atoms with Gasteiger partial charge in [0.2, 0.25) is 0 Å². The molecule has 2 aromatic rings. The average Bonchev–Trinajstić information content (AvgIpc) is 2.82. The van der Waals surface area contributed by atoms with Crippen molar-refractivity contribution in [2.75, 3.05) is 39.3 Å². The fourth-order valence-electron chi connectivity index (χ4n) is 4.75. The van der Waals surface area contributed by atoms with E-state index in [2.05, 4.69) is 39.4 Å². The lowest BCUT2D eigenvalue weighted by atomic mass is 10.00. The third-order valence-corrected chi connectivity index (χ3v) is 6.52. The molecule has 2 fully saturated rings. The lowest BCUT2D eigenvalue weighted by Gasteiger charge is -2.40. The van der Waals surface area contributed by atoms with Crippen molar-refractivity contribution in [3.63, 3.8) is 0 Å². The van der Waals surface area contributed by atoms with Crippen LogP contribution in [0.25, 0.3) is 0 Å². The molecule has 162 valence electrons. The van der Waals surface area contributed by atoms with E-state index in [9.17, 15) is 0 Å². The molecule has 2 aliphatic heterocycles. The van der Waals surface area contributed by atoms with Crippen LogP contribution in [-0.2, 0) is 6.54 Å². The van der Waals surface area contributed by atoms with Crippen molar-refractivity contribution >= 4 is 0 Å². The number of benzene rings is 2. The normalized spacial score (nSPS) is 19.1. The van der Waals surface area contributed by atoms with E-state index in [1.807, 2.05) is 30.3 Å². The van der Waals surface area contributed by atoms with Gasteiger partial charge >= 0.3 is 0 Å². The van der Waals surface area contributed by atoms with Gasteiger partial charge in [-0.15, -0.1) is 0 Å². The fourth-order valence-corrected chi connectivity index (χ4v) is 4.75. The van der Waals surface area contributed by atoms with Gasteiger partial charge in [-0.05, 0) is 101 Å². The number of ether oxygens (including phenoxy) is 1. The second-order valence-corrected chi connectivity index (χ2v) is 8.76. The van der Waals surface area contributed by atoms with Gasteiger partial charge in [-0.3, -0.25) is 0 Å². The molecular formula is C26H37N3O. The molecule has 2 aromatic carbocycles. The Morgan fingerprint density at radius 1 is 0.800 bits per heavy atom. The van der Waals surface area contributed by atoms with Gasteiger partial charge in [0.15, 0.2) is 0 Å². The second-order valence-electron chi connectivity index (χ2n) is 8.76. The van der Waals surface area contributed by atoms with Crippen molar-refractivity contribution in [1.82, 2.24) is 15.1 Å². The molecule has 0 aromatic heterocycles. The Labute approximate surface area is 182 Å². The zero-order chi connectivity index (χ0) is 20.4. The van der Waals surface area contributed by atoms with E-state index in [1.165, 1.54) is 76.8 Å². The smallest absolute Gasteiger partial charge is 0.127 e. The van der Waals surface area contributed by atoms with Crippen molar-refractivity contribution in [2.45, 2.75) is 51.1 Å². The molecule has 2 saturated heterocycles. The summed E-state index contributed by atoms with van der Waals surface area (Å²) in [6, 6.07) is 19.2. The molecule has 0 spiro atoms. The number of piperidine rings is 2. The largest absolute Gasteiger partial charge is 0.457 e. The van der Waals surface area contributed by atoms with Crippen LogP contribution in [0.4, 0.5) is 0 Å². The van der Waals surface area contributed by atoms with Crippen LogP contribution < -0.4 is 10.1 Å². The first-order chi connectivity index (χ1) is 14.9. The molecule has 30 heavy (non-hydrogen) atoms. The minimum atomic E-state index is 0.855. The van der Waals surface area contributed by atoms with Gasteiger partial charge in [0.05, 0.1) is 0 Å². The minimum Gasteiger partial charge on any atom is -0.457 e. The standard InChI is InChI=1S/C26H37N3O/c1-3-8-25(9-4-1)30-26-12-10-23(11-13-26)22-27-16-7-17-28-20-14-24(15-21-28)29-18-5-2-6-19-29/h1,3-4,8-13,24,27H,2,5-7,14-22H2. The second kappa shape index (κ2) is 11.5. The van der Waals surface area contributed by atoms with E-state index >= 15 is 0 Å². The third-order valence-electron chi connectivity index (χ3n) is 6.52. The highest BCUT2D eigenvalue weighted by Gasteiger charge is 2.25. The monoisotopic (exact) mass is 407 g/mol. The van der Waals surface area contributed by atoms with E-state index in [4.69, 9.17) is 4.74 Å². The maximum absolute atomic E-state index is 5.86. The van der Waals surface area contributed by atoms with Crippen LogP contribution in [0.1, 0.15) is 44.1 Å². The Morgan fingerprint density at radius 3 is 2.23 bits per heavy atom. The van der Waals surface area contributed by atoms with Gasteiger partial charge in [0.25, 0.3) is 0 Å². The third kappa shape index (κ3) is 6.56. The van der Waals surface area contributed by atoms with Crippen molar-refractivity contribution < 1.29 is 4.74 Å². The van der Waals surface area contributed by atoms with Crippen LogP contribution in [0.2, 0.25) is 0 Å². The lowest BCUT2D eigenvalue weighted by molar-refractivity contribution is 0.0921. The molecule has 2 heterocycles. The fraction of sp³-hybridized carbons (Fsp3) is 0.538. The van der Waals surface area contributed by atoms with Gasteiger partial charge in [-0.1, -0.05) is 36.8 Å². The molecule has 0 atom stereocenters. The van der Waals surface area contributed by atoms with Gasteiger partial charge < -0.3 is 19.9 Å². The number of hydrogen-bond donors (Lipinski definition) is 1. The molecule has 0 bridgehead atoms. The number of nitrogens with zero attached hydrogens (tertiary/aromatic N) is 2. The summed E-state index contributed by atoms with van der Waals surface area (Å²) >= 11 is 0. The first kappa shape index (κ1) is 21.4. The highest BCUT2D eigenvalue weighted by Crippen LogP contribution is 2.22. The van der Waals surface area contributed by atoms with Gasteiger partial charge in [0.1, 0.15) is 11.5 Å². The molecule has 1 N–H and O–H groups in total. The zero-order valence-corrected chi connectivity index (χ0v) is 18.3. The Kier molecular flexibility index (Phi) is 8.18. The number of hydrogen-bond acceptors (Lipinski definition) is 4. The summed E-state index contributed by atoms with van der Waals surface area (Å²) in [5, 5.41) is 3.60. The van der Waals surface area contributed by atoms with Gasteiger partial charge in [-0.2, -0.15) is 0 Å². The molecule has 2 aliphatic rings. The van der Waals surface area contributed by atoms with Crippen LogP contribution in [0.15, 0.2) is 54.6 Å². The molecule has 4 heteroatoms. The number of nitrogens with one attached hydrogen (secondary N) is 1. The Balaban J connectivity index is 1.08. The predicted octanol–water partition coefficient (Wildman–Crippen LogP) is 4.91. The quantitative estimate of drug-likeness (QED) is 0.598. The van der Waals surface area contributed by atoms with Crippen LogP contribution in [0.3, 0.4) is 0 Å². The van der Waals surface area contributed by atoms with E-state index in [0.717, 1.165) is 30.6 Å². The molecule has 0 saturated carbocycles. The molecule has 0 radical (unpaired) electrons. The molecule has 4 rings (SSSR count). The summed E-state index contributed by atoms with van der Waals surface area (Å²) in [7, 11) is 0. The molecule has 4 nitrogen and oxygen atoms in total. The minimum absolute atomic E-state index is 0.855. The Hall–Kier alpha value is -1.88. The first-order valence-electron chi connectivity index (χ1n) is 11.9. The molecule has 0 amide bonds. The Morgan fingerprint density at radius 2 is 1.50 bits per heavy atom. The van der Waals surface area contributed by atoms with Gasteiger partial charge in [0, 0.05) is 12.6 Å². The van der Waals surface area contributed by atoms with E-state index in [-0.39, 0.29) is 0 Å². The van der Waals surface area contributed by atoms with Crippen LogP contribution in [0, 0.1) is 0 Å². The zero-order valence-electron chi connectivity index (χ0n) is 18.3. The number of para-hydroxylation sites is 1. The topological polar surface area (TPSA) is 27.7 Å². The number of rotatable bonds is 9. The van der Waals surface area contributed by atoms with Crippen molar-refractivity contribution in [3.05, 3.63) is 60.2 Å². The highest BCUT2D eigenvalue weighted by molar-refractivity contribution is 5.32. The summed E-state index contributed by atoms with van der Waals surface area (Å²) in [6.07, 6.45) is 8.22. The maximum Gasteiger partial charge on any atom is 0.127 e. The molecular weight excluding hydrogens is 370 g/mol. The lowest BCUT2D eigenvalue weighted by Crippen LogP contribution is -2.47. The van der Waals surface area contributed by atoms with Crippen LogP contribution in [0.5, 0.6) is 11.5 Å². The maximum atomic E-state index is 5.86. The van der Waals surface area contributed by atoms with Crippen molar-refractivity contribution in [3.8, 4) is 11.5 Å². The van der Waals surface area contributed by atoms with Crippen molar-refractivity contribution in [2.24, 2.45) is 0 Å². The summed E-state index contributed by atoms with van der Waals surface area (Å²) in [5.74, 6) is 1.77. The summed E-state index contributed by atoms with van der Waals surface area (Å²) < 4.78 is 5.86. The SMILES string of the molecule is c1ccc(Oc2ccc(CNCCCN3CCC(N4CCCCC4)CC3)cc2)cc1. The van der Waals surface area contributed by atoms with Gasteiger partial charge in [-0.25, -0.2) is 0 Å².